The fourth-order valence-corrected chi connectivity index (χ4v) is 2.67. The van der Waals surface area contributed by atoms with Crippen LogP contribution in [0.4, 0.5) is 0 Å². The summed E-state index contributed by atoms with van der Waals surface area (Å²) in [5.41, 5.74) is 0. The molecule has 1 saturated carbocycles. The quantitative estimate of drug-likeness (QED) is 0.723. The van der Waals surface area contributed by atoms with Crippen LogP contribution in [0.15, 0.2) is 0 Å². The molecule has 1 saturated heterocycles. The molecule has 0 amide bonds. The molecule has 2 fully saturated rings. The first-order valence-corrected chi connectivity index (χ1v) is 4.69. The number of halogens is 1. The van der Waals surface area contributed by atoms with E-state index in [-0.39, 0.29) is 18.3 Å². The summed E-state index contributed by atoms with van der Waals surface area (Å²) >= 11 is 0. The molecule has 4 heteroatoms. The fraction of sp³-hybridized carbons (Fsp3) is 0.889. The van der Waals surface area contributed by atoms with Crippen molar-refractivity contribution >= 4 is 18.4 Å². The van der Waals surface area contributed by atoms with E-state index in [1.54, 1.807) is 0 Å². The molecule has 2 unspecified atom stereocenters. The molecule has 2 aliphatic rings. The third-order valence-corrected chi connectivity index (χ3v) is 3.38. The summed E-state index contributed by atoms with van der Waals surface area (Å²) in [4.78, 5) is 10.8. The smallest absolute Gasteiger partial charge is 0.306 e. The Morgan fingerprint density at radius 1 is 1.54 bits per heavy atom. The maximum absolute atomic E-state index is 10.8. The standard InChI is InChI=1S/C9H15NO2.ClH/c1-2-5(9(11)12)8-6-3-10-4-7(6)8;/h5-8,10H,2-4H2,1H3,(H,11,12);1H/t5?,6-,7+,8?;. The number of fused-ring (bicyclic) bond motifs is 1. The van der Waals surface area contributed by atoms with Crippen molar-refractivity contribution in [3.8, 4) is 0 Å². The monoisotopic (exact) mass is 205 g/mol. The highest BCUT2D eigenvalue weighted by Gasteiger charge is 2.57. The van der Waals surface area contributed by atoms with Crippen LogP contribution in [0, 0.1) is 23.7 Å². The van der Waals surface area contributed by atoms with Gasteiger partial charge in [-0.2, -0.15) is 0 Å². The van der Waals surface area contributed by atoms with E-state index in [1.807, 2.05) is 6.92 Å². The number of carboxylic acid groups (broad SMARTS) is 1. The lowest BCUT2D eigenvalue weighted by atomic mass is 9.97. The first-order valence-electron chi connectivity index (χ1n) is 4.69. The average molecular weight is 206 g/mol. The summed E-state index contributed by atoms with van der Waals surface area (Å²) < 4.78 is 0. The van der Waals surface area contributed by atoms with E-state index in [4.69, 9.17) is 5.11 Å². The molecule has 0 aromatic heterocycles. The lowest BCUT2D eigenvalue weighted by molar-refractivity contribution is -0.142. The zero-order chi connectivity index (χ0) is 8.72. The van der Waals surface area contributed by atoms with Crippen molar-refractivity contribution in [2.24, 2.45) is 23.7 Å². The highest BCUT2D eigenvalue weighted by Crippen LogP contribution is 2.53. The van der Waals surface area contributed by atoms with Crippen molar-refractivity contribution in [1.82, 2.24) is 5.32 Å². The third-order valence-electron chi connectivity index (χ3n) is 3.38. The minimum absolute atomic E-state index is 0. The number of hydrogen-bond acceptors (Lipinski definition) is 2. The number of carboxylic acids is 1. The van der Waals surface area contributed by atoms with Gasteiger partial charge in [0.15, 0.2) is 0 Å². The van der Waals surface area contributed by atoms with Gasteiger partial charge in [-0.3, -0.25) is 4.79 Å². The van der Waals surface area contributed by atoms with E-state index in [1.165, 1.54) is 0 Å². The first kappa shape index (κ1) is 10.8. The predicted octanol–water partition coefficient (Wildman–Crippen LogP) is 0.984. The molecular weight excluding hydrogens is 190 g/mol. The minimum atomic E-state index is -0.600. The second-order valence-electron chi connectivity index (χ2n) is 3.92. The highest BCUT2D eigenvalue weighted by molar-refractivity contribution is 5.85. The average Bonchev–Trinajstić information content (AvgIpc) is 2.53. The van der Waals surface area contributed by atoms with Crippen LogP contribution in [0.3, 0.4) is 0 Å². The normalized spacial score (nSPS) is 37.5. The molecule has 3 nitrogen and oxygen atoms in total. The van der Waals surface area contributed by atoms with Crippen LogP contribution < -0.4 is 5.32 Å². The second kappa shape index (κ2) is 3.84. The van der Waals surface area contributed by atoms with Crippen LogP contribution in [0.25, 0.3) is 0 Å². The summed E-state index contributed by atoms with van der Waals surface area (Å²) in [6, 6.07) is 0. The maximum Gasteiger partial charge on any atom is 0.306 e. The van der Waals surface area contributed by atoms with Crippen LogP contribution >= 0.6 is 12.4 Å². The Bertz CT molecular complexity index is 200. The van der Waals surface area contributed by atoms with Gasteiger partial charge >= 0.3 is 5.97 Å². The van der Waals surface area contributed by atoms with Crippen LogP contribution in [0.5, 0.6) is 0 Å². The molecule has 76 valence electrons. The number of carbonyl (C=O) groups is 1. The van der Waals surface area contributed by atoms with Crippen LogP contribution in [-0.4, -0.2) is 24.2 Å². The van der Waals surface area contributed by atoms with Crippen molar-refractivity contribution in [2.45, 2.75) is 13.3 Å². The van der Waals surface area contributed by atoms with Gasteiger partial charge in [-0.1, -0.05) is 6.92 Å². The summed E-state index contributed by atoms with van der Waals surface area (Å²) in [5.74, 6) is 1.14. The summed E-state index contributed by atoms with van der Waals surface area (Å²) in [7, 11) is 0. The van der Waals surface area contributed by atoms with Gasteiger partial charge in [0.05, 0.1) is 5.92 Å². The number of hydrogen-bond donors (Lipinski definition) is 2. The Morgan fingerprint density at radius 2 is 2.08 bits per heavy atom. The third kappa shape index (κ3) is 1.67. The molecule has 0 aromatic carbocycles. The topological polar surface area (TPSA) is 49.3 Å². The lowest BCUT2D eigenvalue weighted by Crippen LogP contribution is -2.23. The molecule has 0 bridgehead atoms. The zero-order valence-corrected chi connectivity index (χ0v) is 8.51. The van der Waals surface area contributed by atoms with Gasteiger partial charge < -0.3 is 10.4 Å². The first-order chi connectivity index (χ1) is 5.75. The van der Waals surface area contributed by atoms with Gasteiger partial charge in [0.25, 0.3) is 0 Å². The number of aliphatic carboxylic acids is 1. The Hall–Kier alpha value is -0.280. The molecule has 0 spiro atoms. The van der Waals surface area contributed by atoms with Crippen LogP contribution in [0.2, 0.25) is 0 Å². The van der Waals surface area contributed by atoms with Crippen molar-refractivity contribution < 1.29 is 9.90 Å². The van der Waals surface area contributed by atoms with Crippen molar-refractivity contribution in [3.63, 3.8) is 0 Å². The van der Waals surface area contributed by atoms with Crippen LogP contribution in [-0.2, 0) is 4.79 Å². The Balaban J connectivity index is 0.000000845. The summed E-state index contributed by atoms with van der Waals surface area (Å²) in [5, 5.41) is 12.2. The summed E-state index contributed by atoms with van der Waals surface area (Å²) in [6.45, 7) is 4.05. The number of rotatable bonds is 3. The molecular formula is C9H16ClNO2. The molecule has 0 aromatic rings. The second-order valence-corrected chi connectivity index (χ2v) is 3.92. The van der Waals surface area contributed by atoms with Gasteiger partial charge in [0, 0.05) is 0 Å². The van der Waals surface area contributed by atoms with Crippen molar-refractivity contribution in [3.05, 3.63) is 0 Å². The Kier molecular flexibility index (Phi) is 3.19. The van der Waals surface area contributed by atoms with Gasteiger partial charge in [0.2, 0.25) is 0 Å². The van der Waals surface area contributed by atoms with E-state index in [2.05, 4.69) is 5.32 Å². The molecule has 1 aliphatic heterocycles. The Labute approximate surface area is 84.3 Å². The van der Waals surface area contributed by atoms with E-state index >= 15 is 0 Å². The van der Waals surface area contributed by atoms with E-state index in [0.29, 0.717) is 17.8 Å². The molecule has 1 aliphatic carbocycles. The maximum atomic E-state index is 10.8. The zero-order valence-electron chi connectivity index (χ0n) is 7.69. The lowest BCUT2D eigenvalue weighted by Gasteiger charge is -2.11. The molecule has 2 rings (SSSR count). The van der Waals surface area contributed by atoms with E-state index in [9.17, 15) is 4.79 Å². The fourth-order valence-electron chi connectivity index (χ4n) is 2.67. The van der Waals surface area contributed by atoms with Gasteiger partial charge in [-0.15, -0.1) is 12.4 Å². The SMILES string of the molecule is CCC(C(=O)O)C1[C@H]2CNC[C@@H]12.Cl. The predicted molar refractivity (Wildman–Crippen MR) is 52.0 cm³/mol. The Morgan fingerprint density at radius 3 is 2.46 bits per heavy atom. The number of piperidine rings is 1. The molecule has 13 heavy (non-hydrogen) atoms. The van der Waals surface area contributed by atoms with Crippen molar-refractivity contribution in [2.75, 3.05) is 13.1 Å². The molecule has 1 heterocycles. The largest absolute Gasteiger partial charge is 0.481 e. The molecule has 4 atom stereocenters. The van der Waals surface area contributed by atoms with Gasteiger partial charge in [0.1, 0.15) is 0 Å². The van der Waals surface area contributed by atoms with Crippen molar-refractivity contribution in [1.29, 1.82) is 0 Å². The minimum Gasteiger partial charge on any atom is -0.481 e. The molecule has 2 N–H and O–H groups in total. The summed E-state index contributed by atoms with van der Waals surface area (Å²) in [6.07, 6.45) is 0.785. The van der Waals surface area contributed by atoms with E-state index < -0.39 is 5.97 Å². The highest BCUT2D eigenvalue weighted by atomic mass is 35.5. The van der Waals surface area contributed by atoms with Gasteiger partial charge in [-0.05, 0) is 37.3 Å². The molecule has 0 radical (unpaired) electrons. The number of nitrogens with one attached hydrogen (secondary N) is 1. The van der Waals surface area contributed by atoms with Crippen LogP contribution in [0.1, 0.15) is 13.3 Å². The van der Waals surface area contributed by atoms with E-state index in [0.717, 1.165) is 19.5 Å². The van der Waals surface area contributed by atoms with Gasteiger partial charge in [-0.25, -0.2) is 0 Å².